The first-order chi connectivity index (χ1) is 14.1. The third kappa shape index (κ3) is 6.22. The van der Waals surface area contributed by atoms with Crippen LogP contribution in [0.3, 0.4) is 0 Å². The number of nitrogens with one attached hydrogen (secondary N) is 2. The Kier molecular flexibility index (Phi) is 10.3. The molecule has 1 amide bonds. The molecule has 2 aromatic rings. The summed E-state index contributed by atoms with van der Waals surface area (Å²) in [5, 5.41) is 5.26. The maximum Gasteiger partial charge on any atom is 0.338 e. The molecule has 1 aromatic heterocycles. The predicted octanol–water partition coefficient (Wildman–Crippen LogP) is 4.11. The number of amides is 1. The van der Waals surface area contributed by atoms with Gasteiger partial charge in [0.2, 0.25) is 0 Å². The molecule has 0 aliphatic carbocycles. The van der Waals surface area contributed by atoms with Crippen molar-refractivity contribution in [2.75, 3.05) is 7.05 Å². The summed E-state index contributed by atoms with van der Waals surface area (Å²) in [4.78, 5) is 27.7. The van der Waals surface area contributed by atoms with Crippen LogP contribution in [0.4, 0.5) is 0 Å². The number of ether oxygens (including phenoxy) is 1. The van der Waals surface area contributed by atoms with Crippen molar-refractivity contribution in [3.05, 3.63) is 58.9 Å². The van der Waals surface area contributed by atoms with Gasteiger partial charge in [-0.25, -0.2) is 4.79 Å². The van der Waals surface area contributed by atoms with Crippen LogP contribution in [0.5, 0.6) is 0 Å². The third-order valence-corrected chi connectivity index (χ3v) is 3.88. The molecule has 2 heterocycles. The third-order valence-electron chi connectivity index (χ3n) is 3.76. The summed E-state index contributed by atoms with van der Waals surface area (Å²) in [6.45, 7) is 8.29. The molecule has 7 heteroatoms. The molecule has 154 valence electrons. The topological polar surface area (TPSA) is 80.3 Å². The van der Waals surface area contributed by atoms with Crippen molar-refractivity contribution >= 4 is 35.7 Å². The molecule has 2 N–H and O–H groups in total. The van der Waals surface area contributed by atoms with Gasteiger partial charge in [0.05, 0.1) is 16.7 Å². The van der Waals surface area contributed by atoms with Crippen LogP contribution >= 0.6 is 12.2 Å². The highest BCUT2D eigenvalue weighted by Crippen LogP contribution is 2.26. The van der Waals surface area contributed by atoms with Gasteiger partial charge >= 0.3 is 5.97 Å². The number of hydrogen-bond donors (Lipinski definition) is 2. The molecular weight excluding hydrogens is 386 g/mol. The minimum absolute atomic E-state index is 0.270. The van der Waals surface area contributed by atoms with E-state index in [0.29, 0.717) is 17.9 Å². The Morgan fingerprint density at radius 2 is 1.90 bits per heavy atom. The highest BCUT2D eigenvalue weighted by molar-refractivity contribution is 7.78. The minimum Gasteiger partial charge on any atom is -0.457 e. The number of pyridine rings is 1. The first-order valence-corrected chi connectivity index (χ1v) is 10.00. The van der Waals surface area contributed by atoms with Crippen molar-refractivity contribution in [3.63, 3.8) is 0 Å². The number of carbonyl (C=O) groups is 2. The van der Waals surface area contributed by atoms with Gasteiger partial charge in [0, 0.05) is 24.4 Å². The van der Waals surface area contributed by atoms with Crippen molar-refractivity contribution < 1.29 is 14.3 Å². The molecule has 3 rings (SSSR count). The van der Waals surface area contributed by atoms with Gasteiger partial charge in [-0.2, -0.15) is 0 Å². The normalized spacial score (nSPS) is 11.6. The number of fused-ring (bicyclic) bond motifs is 1. The maximum absolute atomic E-state index is 11.8. The summed E-state index contributed by atoms with van der Waals surface area (Å²) >= 11 is 4.74. The first-order valence-electron chi connectivity index (χ1n) is 9.53. The Morgan fingerprint density at radius 3 is 2.48 bits per heavy atom. The fourth-order valence-corrected chi connectivity index (χ4v) is 2.62. The maximum atomic E-state index is 11.8. The Balaban J connectivity index is 0.000000989. The summed E-state index contributed by atoms with van der Waals surface area (Å²) in [5.74, 6) is -0.559. The monoisotopic (exact) mass is 413 g/mol. The van der Waals surface area contributed by atoms with E-state index < -0.39 is 0 Å². The van der Waals surface area contributed by atoms with Crippen molar-refractivity contribution in [2.24, 2.45) is 0 Å². The van der Waals surface area contributed by atoms with Gasteiger partial charge in [0.15, 0.2) is 0 Å². The second-order valence-corrected chi connectivity index (χ2v) is 5.56. The smallest absolute Gasteiger partial charge is 0.338 e. The molecule has 1 aliphatic rings. The zero-order valence-electron chi connectivity index (χ0n) is 17.4. The van der Waals surface area contributed by atoms with E-state index in [0.717, 1.165) is 22.4 Å². The fourth-order valence-electron chi connectivity index (χ4n) is 2.49. The van der Waals surface area contributed by atoms with E-state index in [1.807, 2.05) is 52.0 Å². The number of cyclic esters (lactones) is 1. The molecule has 0 unspecified atom stereocenters. The van der Waals surface area contributed by atoms with Crippen LogP contribution < -0.4 is 10.6 Å². The minimum atomic E-state index is -0.289. The number of rotatable bonds is 5. The summed E-state index contributed by atoms with van der Waals surface area (Å²) in [7, 11) is 1.55. The summed E-state index contributed by atoms with van der Waals surface area (Å²) in [5.41, 5.74) is 5.49. The van der Waals surface area contributed by atoms with E-state index in [9.17, 15) is 9.59 Å². The second-order valence-electron chi connectivity index (χ2n) is 5.32. The Bertz CT molecular complexity index is 877. The van der Waals surface area contributed by atoms with Crippen LogP contribution in [-0.2, 0) is 16.1 Å². The van der Waals surface area contributed by atoms with Gasteiger partial charge in [-0.3, -0.25) is 9.78 Å². The summed E-state index contributed by atoms with van der Waals surface area (Å²) in [6, 6.07) is 9.20. The van der Waals surface area contributed by atoms with Crippen LogP contribution in [0, 0.1) is 0 Å². The van der Waals surface area contributed by atoms with Crippen LogP contribution in [0.1, 0.15) is 49.2 Å². The largest absolute Gasteiger partial charge is 0.457 e. The Hall–Kier alpha value is -3.06. The van der Waals surface area contributed by atoms with E-state index in [4.69, 9.17) is 17.0 Å². The van der Waals surface area contributed by atoms with Crippen molar-refractivity contribution in [1.82, 2.24) is 15.6 Å². The van der Waals surface area contributed by atoms with Gasteiger partial charge in [0.1, 0.15) is 12.3 Å². The first kappa shape index (κ1) is 24.0. The van der Waals surface area contributed by atoms with Crippen molar-refractivity contribution in [2.45, 2.75) is 34.3 Å². The molecule has 0 radical (unpaired) electrons. The van der Waals surface area contributed by atoms with E-state index in [1.165, 1.54) is 5.49 Å². The van der Waals surface area contributed by atoms with E-state index in [-0.39, 0.29) is 11.9 Å². The average Bonchev–Trinajstić information content (AvgIpc) is 3.16. The van der Waals surface area contributed by atoms with E-state index >= 15 is 0 Å². The molecule has 1 aliphatic heterocycles. The zero-order chi connectivity index (χ0) is 21.8. The highest BCUT2D eigenvalue weighted by Gasteiger charge is 2.21. The van der Waals surface area contributed by atoms with Crippen molar-refractivity contribution in [3.8, 4) is 11.3 Å². The van der Waals surface area contributed by atoms with E-state index in [1.54, 1.807) is 25.4 Å². The zero-order valence-corrected chi connectivity index (χ0v) is 18.2. The molecule has 29 heavy (non-hydrogen) atoms. The Labute approximate surface area is 177 Å². The summed E-state index contributed by atoms with van der Waals surface area (Å²) in [6.07, 6.45) is 3.33. The van der Waals surface area contributed by atoms with Gasteiger partial charge < -0.3 is 15.4 Å². The quantitative estimate of drug-likeness (QED) is 0.436. The Morgan fingerprint density at radius 1 is 1.17 bits per heavy atom. The number of aromatic nitrogens is 1. The molecular formula is C22H27N3O3S. The number of nitrogens with zero attached hydrogens (tertiary/aromatic N) is 1. The highest BCUT2D eigenvalue weighted by atomic mass is 32.1. The molecule has 0 spiro atoms. The SMILES string of the molecule is CC.CC.CNC(=O)/C(=C/c1ccc(-c2ccc3c(c2)COC3=O)nc1)NC=S. The number of benzene rings is 1. The summed E-state index contributed by atoms with van der Waals surface area (Å²) < 4.78 is 5.01. The molecule has 0 saturated carbocycles. The number of carbonyl (C=O) groups excluding carboxylic acids is 2. The van der Waals surface area contributed by atoms with Crippen LogP contribution in [0.25, 0.3) is 17.3 Å². The number of thiocarbonyl (C=S) groups is 1. The molecule has 0 atom stereocenters. The molecule has 0 fully saturated rings. The average molecular weight is 414 g/mol. The lowest BCUT2D eigenvalue weighted by Gasteiger charge is -2.06. The molecule has 0 bridgehead atoms. The van der Waals surface area contributed by atoms with Crippen LogP contribution in [0.2, 0.25) is 0 Å². The lowest BCUT2D eigenvalue weighted by atomic mass is 10.0. The molecule has 0 saturated heterocycles. The number of esters is 1. The standard InChI is InChI=1S/C18H15N3O3S.2C2H6/c1-19-17(22)16(21-10-25)6-11-2-5-15(20-8-11)12-3-4-14-13(7-12)9-24-18(14)23;2*1-2/h2-8,10H,9H2,1H3,(H,19,22)(H,21,25);2*1-2H3/b16-6-;;. The van der Waals surface area contributed by atoms with Gasteiger partial charge in [0.25, 0.3) is 5.91 Å². The van der Waals surface area contributed by atoms with Crippen LogP contribution in [0.15, 0.2) is 42.2 Å². The second kappa shape index (κ2) is 12.4. The molecule has 6 nitrogen and oxygen atoms in total. The van der Waals surface area contributed by atoms with E-state index in [2.05, 4.69) is 15.6 Å². The predicted molar refractivity (Wildman–Crippen MR) is 120 cm³/mol. The van der Waals surface area contributed by atoms with Crippen molar-refractivity contribution in [1.29, 1.82) is 0 Å². The van der Waals surface area contributed by atoms with Gasteiger partial charge in [-0.1, -0.05) is 52.0 Å². The molecule has 1 aromatic carbocycles. The van der Waals surface area contributed by atoms with Gasteiger partial charge in [-0.15, -0.1) is 0 Å². The lowest BCUT2D eigenvalue weighted by molar-refractivity contribution is -0.117. The van der Waals surface area contributed by atoms with Gasteiger partial charge in [-0.05, 0) is 29.8 Å². The lowest BCUT2D eigenvalue weighted by Crippen LogP contribution is -2.27. The number of likely N-dealkylation sites (N-methyl/N-ethyl adjacent to an activating group) is 1. The number of hydrogen-bond acceptors (Lipinski definition) is 5. The van der Waals surface area contributed by atoms with Crippen LogP contribution in [-0.4, -0.2) is 29.4 Å². The fraction of sp³-hybridized carbons (Fsp3) is 0.273.